The van der Waals surface area contributed by atoms with E-state index in [1.165, 1.54) is 29.2 Å². The van der Waals surface area contributed by atoms with E-state index >= 15 is 0 Å². The van der Waals surface area contributed by atoms with Crippen LogP contribution in [-0.4, -0.2) is 50.0 Å². The van der Waals surface area contributed by atoms with Crippen molar-refractivity contribution in [2.45, 2.75) is 45.8 Å². The number of nitrogens with zero attached hydrogens (tertiary/aromatic N) is 2. The third-order valence-corrected chi connectivity index (χ3v) is 7.30. The number of sulfonamides is 1. The normalized spacial score (nSPS) is 13.1. The monoisotopic (exact) mass is 547 g/mol. The number of amides is 2. The SMILES string of the molecule is CC[C@@H](C)NC(=O)[C@@H](C)N(Cc1ccc(Cl)cc1Cl)C(=O)CN(c1ccc(Cl)cc1)S(C)(=O)=O. The van der Waals surface area contributed by atoms with Gasteiger partial charge >= 0.3 is 0 Å². The fourth-order valence-electron chi connectivity index (χ4n) is 3.10. The molecule has 0 unspecified atom stereocenters. The van der Waals surface area contributed by atoms with E-state index in [0.717, 1.165) is 10.6 Å². The molecule has 0 saturated heterocycles. The molecule has 0 aliphatic rings. The zero-order chi connectivity index (χ0) is 25.6. The minimum Gasteiger partial charge on any atom is -0.352 e. The van der Waals surface area contributed by atoms with Crippen molar-refractivity contribution in [2.24, 2.45) is 0 Å². The summed E-state index contributed by atoms with van der Waals surface area (Å²) in [6.45, 7) is 4.86. The van der Waals surface area contributed by atoms with Crippen LogP contribution in [0.15, 0.2) is 42.5 Å². The highest BCUT2D eigenvalue weighted by Gasteiger charge is 2.30. The van der Waals surface area contributed by atoms with Gasteiger partial charge in [-0.25, -0.2) is 8.42 Å². The molecule has 0 bridgehead atoms. The fourth-order valence-corrected chi connectivity index (χ4v) is 4.55. The third-order valence-electron chi connectivity index (χ3n) is 5.32. The lowest BCUT2D eigenvalue weighted by atomic mass is 10.1. The fraction of sp³-hybridized carbons (Fsp3) is 0.391. The highest BCUT2D eigenvalue weighted by atomic mass is 35.5. The van der Waals surface area contributed by atoms with Crippen LogP contribution < -0.4 is 9.62 Å². The maximum atomic E-state index is 13.5. The minimum absolute atomic E-state index is 0.0118. The van der Waals surface area contributed by atoms with Gasteiger partial charge in [0.05, 0.1) is 11.9 Å². The predicted octanol–water partition coefficient (Wildman–Crippen LogP) is 4.74. The van der Waals surface area contributed by atoms with E-state index in [2.05, 4.69) is 5.32 Å². The van der Waals surface area contributed by atoms with Crippen LogP contribution in [0.1, 0.15) is 32.8 Å². The second-order valence-electron chi connectivity index (χ2n) is 8.00. The first-order valence-electron chi connectivity index (χ1n) is 10.6. The smallest absolute Gasteiger partial charge is 0.244 e. The number of benzene rings is 2. The summed E-state index contributed by atoms with van der Waals surface area (Å²) in [7, 11) is -3.82. The molecule has 1 N–H and O–H groups in total. The molecule has 0 heterocycles. The molecular weight excluding hydrogens is 521 g/mol. The van der Waals surface area contributed by atoms with Crippen LogP contribution in [0.3, 0.4) is 0 Å². The Labute approximate surface area is 216 Å². The lowest BCUT2D eigenvalue weighted by Crippen LogP contribution is -2.52. The van der Waals surface area contributed by atoms with E-state index in [1.807, 2.05) is 13.8 Å². The van der Waals surface area contributed by atoms with E-state index in [4.69, 9.17) is 34.8 Å². The Kier molecular flexibility index (Phi) is 10.1. The average Bonchev–Trinajstić information content (AvgIpc) is 2.76. The van der Waals surface area contributed by atoms with Gasteiger partial charge in [0.1, 0.15) is 12.6 Å². The highest BCUT2D eigenvalue weighted by molar-refractivity contribution is 7.92. The summed E-state index contributed by atoms with van der Waals surface area (Å²) in [5, 5.41) is 4.05. The topological polar surface area (TPSA) is 86.8 Å². The van der Waals surface area contributed by atoms with E-state index in [-0.39, 0.29) is 24.2 Å². The number of halogens is 3. The maximum absolute atomic E-state index is 13.5. The van der Waals surface area contributed by atoms with E-state index in [9.17, 15) is 18.0 Å². The van der Waals surface area contributed by atoms with Crippen molar-refractivity contribution < 1.29 is 18.0 Å². The van der Waals surface area contributed by atoms with E-state index < -0.39 is 28.5 Å². The van der Waals surface area contributed by atoms with Gasteiger partial charge in [-0.2, -0.15) is 0 Å². The number of nitrogens with one attached hydrogen (secondary N) is 1. The van der Waals surface area contributed by atoms with Gasteiger partial charge < -0.3 is 10.2 Å². The van der Waals surface area contributed by atoms with Crippen molar-refractivity contribution in [1.82, 2.24) is 10.2 Å². The van der Waals surface area contributed by atoms with E-state index in [0.29, 0.717) is 27.1 Å². The Balaban J connectivity index is 2.41. The third kappa shape index (κ3) is 7.77. The van der Waals surface area contributed by atoms with Crippen molar-refractivity contribution in [3.63, 3.8) is 0 Å². The highest BCUT2D eigenvalue weighted by Crippen LogP contribution is 2.25. The average molecular weight is 549 g/mol. The zero-order valence-corrected chi connectivity index (χ0v) is 22.5. The van der Waals surface area contributed by atoms with Gasteiger partial charge in [-0.05, 0) is 62.2 Å². The molecule has 2 aromatic rings. The molecule has 2 atom stereocenters. The molecule has 0 spiro atoms. The number of carbonyl (C=O) groups excluding carboxylic acids is 2. The van der Waals surface area contributed by atoms with Crippen LogP contribution in [-0.2, 0) is 26.2 Å². The van der Waals surface area contributed by atoms with Crippen LogP contribution in [0.4, 0.5) is 5.69 Å². The van der Waals surface area contributed by atoms with Gasteiger partial charge in [-0.3, -0.25) is 13.9 Å². The summed E-state index contributed by atoms with van der Waals surface area (Å²) in [5.74, 6) is -0.927. The predicted molar refractivity (Wildman–Crippen MR) is 138 cm³/mol. The molecule has 0 aliphatic heterocycles. The van der Waals surface area contributed by atoms with Crippen molar-refractivity contribution in [1.29, 1.82) is 0 Å². The molecule has 2 rings (SSSR count). The molecule has 2 amide bonds. The number of carbonyl (C=O) groups is 2. The molecule has 34 heavy (non-hydrogen) atoms. The molecule has 0 radical (unpaired) electrons. The first-order chi connectivity index (χ1) is 15.8. The second kappa shape index (κ2) is 12.1. The second-order valence-corrected chi connectivity index (χ2v) is 11.2. The van der Waals surface area contributed by atoms with Gasteiger partial charge in [-0.15, -0.1) is 0 Å². The molecule has 0 aliphatic carbocycles. The molecule has 2 aromatic carbocycles. The lowest BCUT2D eigenvalue weighted by Gasteiger charge is -2.32. The van der Waals surface area contributed by atoms with Crippen molar-refractivity contribution in [3.8, 4) is 0 Å². The Bertz CT molecular complexity index is 1130. The molecule has 186 valence electrons. The van der Waals surface area contributed by atoms with Gasteiger partial charge in [0.2, 0.25) is 21.8 Å². The standard InChI is InChI=1S/C23H28Cl3N3O4S/c1-5-15(2)27-23(31)16(3)28(13-17-6-7-19(25)12-21(17)26)22(30)14-29(34(4,32)33)20-10-8-18(24)9-11-20/h6-12,15-16H,5,13-14H2,1-4H3,(H,27,31)/t15-,16-/m1/s1. The van der Waals surface area contributed by atoms with Crippen molar-refractivity contribution in [2.75, 3.05) is 17.1 Å². The van der Waals surface area contributed by atoms with Crippen LogP contribution in [0.2, 0.25) is 15.1 Å². The lowest BCUT2D eigenvalue weighted by molar-refractivity contribution is -0.139. The van der Waals surface area contributed by atoms with Gasteiger partial charge in [0.25, 0.3) is 0 Å². The van der Waals surface area contributed by atoms with Gasteiger partial charge in [-0.1, -0.05) is 47.8 Å². The van der Waals surface area contributed by atoms with Crippen molar-refractivity contribution >= 4 is 62.3 Å². The summed E-state index contributed by atoms with van der Waals surface area (Å²) in [4.78, 5) is 27.6. The summed E-state index contributed by atoms with van der Waals surface area (Å²) in [6.07, 6.45) is 1.72. The summed E-state index contributed by atoms with van der Waals surface area (Å²) >= 11 is 18.2. The van der Waals surface area contributed by atoms with Crippen LogP contribution in [0.25, 0.3) is 0 Å². The summed E-state index contributed by atoms with van der Waals surface area (Å²) < 4.78 is 26.0. The minimum atomic E-state index is -3.82. The van der Waals surface area contributed by atoms with Crippen LogP contribution in [0.5, 0.6) is 0 Å². The first kappa shape index (κ1) is 28.2. The van der Waals surface area contributed by atoms with Crippen LogP contribution >= 0.6 is 34.8 Å². The Morgan fingerprint density at radius 2 is 1.59 bits per heavy atom. The van der Waals surface area contributed by atoms with Crippen LogP contribution in [0, 0.1) is 0 Å². The molecule has 0 fully saturated rings. The Morgan fingerprint density at radius 1 is 1.00 bits per heavy atom. The van der Waals surface area contributed by atoms with Crippen molar-refractivity contribution in [3.05, 3.63) is 63.1 Å². The summed E-state index contributed by atoms with van der Waals surface area (Å²) in [5.41, 5.74) is 0.849. The number of anilines is 1. The Morgan fingerprint density at radius 3 is 2.12 bits per heavy atom. The van der Waals surface area contributed by atoms with Gasteiger partial charge in [0, 0.05) is 27.7 Å². The molecule has 7 nitrogen and oxygen atoms in total. The number of rotatable bonds is 10. The number of hydrogen-bond donors (Lipinski definition) is 1. The molecular formula is C23H28Cl3N3O4S. The largest absolute Gasteiger partial charge is 0.352 e. The molecule has 11 heteroatoms. The zero-order valence-electron chi connectivity index (χ0n) is 19.4. The Hall–Kier alpha value is -2.00. The summed E-state index contributed by atoms with van der Waals surface area (Å²) in [6, 6.07) is 9.95. The van der Waals surface area contributed by atoms with Gasteiger partial charge in [0.15, 0.2) is 0 Å². The number of hydrogen-bond acceptors (Lipinski definition) is 4. The molecule has 0 aromatic heterocycles. The quantitative estimate of drug-likeness (QED) is 0.464. The van der Waals surface area contributed by atoms with E-state index in [1.54, 1.807) is 25.1 Å². The molecule has 0 saturated carbocycles. The maximum Gasteiger partial charge on any atom is 0.244 e. The first-order valence-corrected chi connectivity index (χ1v) is 13.6.